The number of aliphatic hydroxyl groups is 1. The lowest BCUT2D eigenvalue weighted by Gasteiger charge is -2.31. The molecule has 0 radical (unpaired) electrons. The van der Waals surface area contributed by atoms with Gasteiger partial charge in [-0.05, 0) is 25.7 Å². The van der Waals surface area contributed by atoms with Crippen LogP contribution in [0.25, 0.3) is 0 Å². The van der Waals surface area contributed by atoms with Gasteiger partial charge in [0.05, 0.1) is 18.0 Å². The average molecular weight is 196 g/mol. The van der Waals surface area contributed by atoms with E-state index in [0.717, 1.165) is 31.6 Å². The third-order valence-corrected chi connectivity index (χ3v) is 3.40. The van der Waals surface area contributed by atoms with Gasteiger partial charge in [-0.2, -0.15) is 0 Å². The maximum atomic E-state index is 9.43. The van der Waals surface area contributed by atoms with Crippen molar-refractivity contribution in [1.82, 2.24) is 5.32 Å². The van der Waals surface area contributed by atoms with Gasteiger partial charge in [0, 0.05) is 13.0 Å². The van der Waals surface area contributed by atoms with Gasteiger partial charge in [0.1, 0.15) is 0 Å². The number of amidine groups is 1. The zero-order valence-corrected chi connectivity index (χ0v) is 8.76. The molecular formula is C11H20N2O. The van der Waals surface area contributed by atoms with E-state index in [1.165, 1.54) is 25.7 Å². The van der Waals surface area contributed by atoms with Gasteiger partial charge in [0.15, 0.2) is 0 Å². The molecule has 2 rings (SSSR count). The van der Waals surface area contributed by atoms with E-state index in [0.29, 0.717) is 0 Å². The Labute approximate surface area is 85.6 Å². The van der Waals surface area contributed by atoms with Crippen LogP contribution in [0.2, 0.25) is 0 Å². The molecule has 0 unspecified atom stereocenters. The smallest absolute Gasteiger partial charge is 0.0968 e. The summed E-state index contributed by atoms with van der Waals surface area (Å²) in [4.78, 5) is 4.48. The Morgan fingerprint density at radius 3 is 2.57 bits per heavy atom. The van der Waals surface area contributed by atoms with Crippen molar-refractivity contribution >= 4 is 5.84 Å². The molecule has 1 heterocycles. The molecule has 80 valence electrons. The van der Waals surface area contributed by atoms with Crippen molar-refractivity contribution < 1.29 is 5.11 Å². The zero-order valence-electron chi connectivity index (χ0n) is 8.76. The molecule has 2 N–H and O–H groups in total. The van der Waals surface area contributed by atoms with Gasteiger partial charge in [0.25, 0.3) is 0 Å². The van der Waals surface area contributed by atoms with Gasteiger partial charge < -0.3 is 10.4 Å². The normalized spacial score (nSPS) is 25.9. The van der Waals surface area contributed by atoms with E-state index in [1.54, 1.807) is 0 Å². The third-order valence-electron chi connectivity index (χ3n) is 3.40. The minimum atomic E-state index is -0.0316. The molecule has 0 spiro atoms. The SMILES string of the molecule is OCC1(NC2=NCCCC2)CCCC1. The Kier molecular flexibility index (Phi) is 3.06. The molecule has 1 saturated carbocycles. The van der Waals surface area contributed by atoms with Crippen LogP contribution in [-0.2, 0) is 0 Å². The van der Waals surface area contributed by atoms with E-state index in [1.807, 2.05) is 0 Å². The minimum absolute atomic E-state index is 0.0316. The Hall–Kier alpha value is -0.570. The largest absolute Gasteiger partial charge is 0.394 e. The predicted molar refractivity (Wildman–Crippen MR) is 57.6 cm³/mol. The summed E-state index contributed by atoms with van der Waals surface area (Å²) in [5, 5.41) is 12.9. The van der Waals surface area contributed by atoms with E-state index >= 15 is 0 Å². The molecular weight excluding hydrogens is 176 g/mol. The molecule has 0 saturated heterocycles. The molecule has 3 heteroatoms. The Morgan fingerprint density at radius 2 is 2.00 bits per heavy atom. The van der Waals surface area contributed by atoms with Crippen molar-refractivity contribution in [2.24, 2.45) is 4.99 Å². The minimum Gasteiger partial charge on any atom is -0.394 e. The fourth-order valence-corrected chi connectivity index (χ4v) is 2.48. The molecule has 3 nitrogen and oxygen atoms in total. The van der Waals surface area contributed by atoms with E-state index in [9.17, 15) is 5.11 Å². The molecule has 0 aromatic rings. The van der Waals surface area contributed by atoms with E-state index in [-0.39, 0.29) is 12.1 Å². The van der Waals surface area contributed by atoms with Crippen LogP contribution in [0.5, 0.6) is 0 Å². The average Bonchev–Trinajstić information content (AvgIpc) is 2.69. The van der Waals surface area contributed by atoms with Crippen LogP contribution in [0.3, 0.4) is 0 Å². The van der Waals surface area contributed by atoms with Gasteiger partial charge in [-0.1, -0.05) is 12.8 Å². The molecule has 0 aromatic heterocycles. The van der Waals surface area contributed by atoms with Gasteiger partial charge in [-0.25, -0.2) is 0 Å². The first-order valence-electron chi connectivity index (χ1n) is 5.77. The summed E-state index contributed by atoms with van der Waals surface area (Å²) in [6.07, 6.45) is 8.21. The molecule has 1 fully saturated rings. The molecule has 1 aliphatic carbocycles. The van der Waals surface area contributed by atoms with Crippen LogP contribution in [0.1, 0.15) is 44.9 Å². The van der Waals surface area contributed by atoms with E-state index < -0.39 is 0 Å². The quantitative estimate of drug-likeness (QED) is 0.702. The lowest BCUT2D eigenvalue weighted by molar-refractivity contribution is 0.182. The number of aliphatic hydroxyl groups excluding tert-OH is 1. The van der Waals surface area contributed by atoms with Crippen molar-refractivity contribution in [2.75, 3.05) is 13.2 Å². The molecule has 2 aliphatic rings. The van der Waals surface area contributed by atoms with Crippen LogP contribution < -0.4 is 5.32 Å². The highest BCUT2D eigenvalue weighted by molar-refractivity contribution is 5.83. The van der Waals surface area contributed by atoms with Crippen molar-refractivity contribution in [3.8, 4) is 0 Å². The lowest BCUT2D eigenvalue weighted by atomic mass is 9.98. The van der Waals surface area contributed by atoms with Crippen LogP contribution in [0.4, 0.5) is 0 Å². The Morgan fingerprint density at radius 1 is 1.21 bits per heavy atom. The van der Waals surface area contributed by atoms with Gasteiger partial charge in [0.2, 0.25) is 0 Å². The standard InChI is InChI=1S/C11H20N2O/c14-9-11(6-2-3-7-11)13-10-5-1-4-8-12-10/h14H,1-9H2,(H,12,13). The second kappa shape index (κ2) is 4.30. The van der Waals surface area contributed by atoms with Gasteiger partial charge >= 0.3 is 0 Å². The molecule has 0 amide bonds. The number of hydrogen-bond donors (Lipinski definition) is 2. The number of hydrogen-bond acceptors (Lipinski definition) is 3. The molecule has 0 bridgehead atoms. The predicted octanol–water partition coefficient (Wildman–Crippen LogP) is 1.46. The molecule has 0 aromatic carbocycles. The van der Waals surface area contributed by atoms with Crippen LogP contribution >= 0.6 is 0 Å². The molecule has 1 aliphatic heterocycles. The van der Waals surface area contributed by atoms with Crippen LogP contribution in [0, 0.1) is 0 Å². The summed E-state index contributed by atoms with van der Waals surface area (Å²) in [6.45, 7) is 1.22. The summed E-state index contributed by atoms with van der Waals surface area (Å²) in [7, 11) is 0. The maximum absolute atomic E-state index is 9.43. The Bertz CT molecular complexity index is 219. The summed E-state index contributed by atoms with van der Waals surface area (Å²) in [6, 6.07) is 0. The molecule has 14 heavy (non-hydrogen) atoms. The third kappa shape index (κ3) is 2.08. The number of aliphatic imine (C=N–C) groups is 1. The van der Waals surface area contributed by atoms with Crippen molar-refractivity contribution in [2.45, 2.75) is 50.5 Å². The number of nitrogens with zero attached hydrogens (tertiary/aromatic N) is 1. The van der Waals surface area contributed by atoms with Crippen molar-refractivity contribution in [1.29, 1.82) is 0 Å². The molecule has 0 atom stereocenters. The fraction of sp³-hybridized carbons (Fsp3) is 0.909. The number of rotatable bonds is 2. The highest BCUT2D eigenvalue weighted by Crippen LogP contribution is 2.29. The van der Waals surface area contributed by atoms with Crippen molar-refractivity contribution in [3.63, 3.8) is 0 Å². The second-order valence-corrected chi connectivity index (χ2v) is 4.56. The summed E-state index contributed by atoms with van der Waals surface area (Å²) in [5.74, 6) is 1.13. The monoisotopic (exact) mass is 196 g/mol. The number of nitrogens with one attached hydrogen (secondary N) is 1. The highest BCUT2D eigenvalue weighted by Gasteiger charge is 2.33. The van der Waals surface area contributed by atoms with Gasteiger partial charge in [-0.15, -0.1) is 0 Å². The Balaban J connectivity index is 1.96. The zero-order chi connectivity index (χ0) is 9.86. The first kappa shape index (κ1) is 9.97. The summed E-state index contributed by atoms with van der Waals surface area (Å²) >= 11 is 0. The highest BCUT2D eigenvalue weighted by atomic mass is 16.3. The maximum Gasteiger partial charge on any atom is 0.0968 e. The first-order valence-corrected chi connectivity index (χ1v) is 5.77. The second-order valence-electron chi connectivity index (χ2n) is 4.56. The van der Waals surface area contributed by atoms with Gasteiger partial charge in [-0.3, -0.25) is 4.99 Å². The van der Waals surface area contributed by atoms with Crippen LogP contribution in [0.15, 0.2) is 4.99 Å². The van der Waals surface area contributed by atoms with Crippen molar-refractivity contribution in [3.05, 3.63) is 0 Å². The first-order chi connectivity index (χ1) is 6.85. The lowest BCUT2D eigenvalue weighted by Crippen LogP contribution is -2.49. The van der Waals surface area contributed by atoms with E-state index in [2.05, 4.69) is 10.3 Å². The summed E-state index contributed by atoms with van der Waals surface area (Å²) < 4.78 is 0. The summed E-state index contributed by atoms with van der Waals surface area (Å²) in [5.41, 5.74) is -0.0316. The fourth-order valence-electron chi connectivity index (χ4n) is 2.48. The van der Waals surface area contributed by atoms with Crippen LogP contribution in [-0.4, -0.2) is 29.6 Å². The topological polar surface area (TPSA) is 44.6 Å². The van der Waals surface area contributed by atoms with E-state index in [4.69, 9.17) is 0 Å².